The summed E-state index contributed by atoms with van der Waals surface area (Å²) < 4.78 is 24.5. The van der Waals surface area contributed by atoms with Gasteiger partial charge in [-0.15, -0.1) is 0 Å². The number of nitrogens with one attached hydrogen (secondary N) is 1. The average Bonchev–Trinajstić information content (AvgIpc) is 1.83. The second-order valence-electron chi connectivity index (χ2n) is 4.00. The van der Waals surface area contributed by atoms with Gasteiger partial charge in [0.1, 0.15) is 5.88 Å². The van der Waals surface area contributed by atoms with Crippen LogP contribution in [-0.2, 0) is 10.0 Å². The van der Waals surface area contributed by atoms with Gasteiger partial charge in [-0.2, -0.15) is 4.31 Å². The SMILES string of the molecule is CC(C)(C)N1CCNCS1(=O)=O. The van der Waals surface area contributed by atoms with Crippen molar-refractivity contribution in [1.29, 1.82) is 0 Å². The molecule has 0 saturated carbocycles. The van der Waals surface area contributed by atoms with Gasteiger partial charge in [0.05, 0.1) is 0 Å². The fourth-order valence-electron chi connectivity index (χ4n) is 1.35. The summed E-state index contributed by atoms with van der Waals surface area (Å²) in [5.41, 5.74) is -0.291. The Morgan fingerprint density at radius 1 is 1.33 bits per heavy atom. The van der Waals surface area contributed by atoms with Gasteiger partial charge in [0.25, 0.3) is 0 Å². The lowest BCUT2D eigenvalue weighted by molar-refractivity contribution is 0.239. The van der Waals surface area contributed by atoms with E-state index < -0.39 is 10.0 Å². The first-order valence-corrected chi connectivity index (χ1v) is 5.66. The maximum Gasteiger partial charge on any atom is 0.227 e. The van der Waals surface area contributed by atoms with E-state index in [1.165, 1.54) is 0 Å². The number of rotatable bonds is 0. The summed E-state index contributed by atoms with van der Waals surface area (Å²) in [5, 5.41) is 2.85. The molecule has 0 aromatic rings. The highest BCUT2D eigenvalue weighted by Gasteiger charge is 2.34. The van der Waals surface area contributed by atoms with Crippen LogP contribution in [0.1, 0.15) is 20.8 Å². The predicted octanol–water partition coefficient (Wildman–Crippen LogP) is -0.0226. The molecule has 0 atom stereocenters. The highest BCUT2D eigenvalue weighted by Crippen LogP contribution is 2.18. The van der Waals surface area contributed by atoms with Gasteiger partial charge < -0.3 is 5.32 Å². The van der Waals surface area contributed by atoms with Gasteiger partial charge in [-0.25, -0.2) is 8.42 Å². The molecule has 0 spiro atoms. The molecule has 1 rings (SSSR count). The van der Waals surface area contributed by atoms with Crippen LogP contribution >= 0.6 is 0 Å². The molecule has 0 unspecified atom stereocenters. The maximum absolute atomic E-state index is 11.5. The smallest absolute Gasteiger partial charge is 0.227 e. The third kappa shape index (κ3) is 1.97. The lowest BCUT2D eigenvalue weighted by Crippen LogP contribution is -2.55. The van der Waals surface area contributed by atoms with Crippen LogP contribution in [0.3, 0.4) is 0 Å². The zero-order valence-electron chi connectivity index (χ0n) is 7.79. The van der Waals surface area contributed by atoms with Crippen LogP contribution in [0, 0.1) is 0 Å². The molecule has 1 aliphatic heterocycles. The fraction of sp³-hybridized carbons (Fsp3) is 1.00. The molecule has 72 valence electrons. The molecule has 0 bridgehead atoms. The van der Waals surface area contributed by atoms with Gasteiger partial charge in [0.15, 0.2) is 0 Å². The van der Waals surface area contributed by atoms with E-state index in [9.17, 15) is 8.42 Å². The van der Waals surface area contributed by atoms with Crippen molar-refractivity contribution in [2.75, 3.05) is 19.0 Å². The normalized spacial score (nSPS) is 25.6. The van der Waals surface area contributed by atoms with E-state index in [0.29, 0.717) is 6.54 Å². The van der Waals surface area contributed by atoms with Crippen molar-refractivity contribution in [3.63, 3.8) is 0 Å². The van der Waals surface area contributed by atoms with Crippen LogP contribution in [0.15, 0.2) is 0 Å². The molecule has 1 heterocycles. The van der Waals surface area contributed by atoms with Crippen LogP contribution in [0.4, 0.5) is 0 Å². The van der Waals surface area contributed by atoms with Crippen molar-refractivity contribution < 1.29 is 8.42 Å². The molecule has 5 heteroatoms. The summed E-state index contributed by atoms with van der Waals surface area (Å²) in [4.78, 5) is 0. The molecule has 1 saturated heterocycles. The van der Waals surface area contributed by atoms with Gasteiger partial charge >= 0.3 is 0 Å². The lowest BCUT2D eigenvalue weighted by atomic mass is 10.1. The van der Waals surface area contributed by atoms with Gasteiger partial charge in [-0.3, -0.25) is 0 Å². The average molecular weight is 192 g/mol. The summed E-state index contributed by atoms with van der Waals surface area (Å²) in [6.45, 7) is 7.06. The first-order chi connectivity index (χ1) is 5.34. The van der Waals surface area contributed by atoms with Crippen molar-refractivity contribution in [3.8, 4) is 0 Å². The summed E-state index contributed by atoms with van der Waals surface area (Å²) in [7, 11) is -3.06. The summed E-state index contributed by atoms with van der Waals surface area (Å²) in [6, 6.07) is 0. The molecule has 0 aromatic carbocycles. The van der Waals surface area contributed by atoms with Crippen molar-refractivity contribution >= 4 is 10.0 Å². The largest absolute Gasteiger partial charge is 0.301 e. The quantitative estimate of drug-likeness (QED) is 0.586. The second-order valence-corrected chi connectivity index (χ2v) is 5.89. The minimum Gasteiger partial charge on any atom is -0.301 e. The predicted molar refractivity (Wildman–Crippen MR) is 48.2 cm³/mol. The van der Waals surface area contributed by atoms with E-state index in [1.807, 2.05) is 20.8 Å². The van der Waals surface area contributed by atoms with Gasteiger partial charge in [-0.1, -0.05) is 0 Å². The van der Waals surface area contributed by atoms with Crippen LogP contribution < -0.4 is 5.32 Å². The Kier molecular flexibility index (Phi) is 2.47. The van der Waals surface area contributed by atoms with E-state index in [4.69, 9.17) is 0 Å². The Morgan fingerprint density at radius 3 is 2.25 bits per heavy atom. The molecule has 0 aromatic heterocycles. The van der Waals surface area contributed by atoms with Crippen LogP contribution in [0.25, 0.3) is 0 Å². The lowest BCUT2D eigenvalue weighted by Gasteiger charge is -2.37. The Morgan fingerprint density at radius 2 is 1.92 bits per heavy atom. The highest BCUT2D eigenvalue weighted by molar-refractivity contribution is 7.89. The number of sulfonamides is 1. The van der Waals surface area contributed by atoms with Gasteiger partial charge in [0, 0.05) is 18.6 Å². The number of nitrogens with zero attached hydrogens (tertiary/aromatic N) is 1. The Labute approximate surface area is 74.0 Å². The Hall–Kier alpha value is -0.130. The van der Waals surface area contributed by atoms with Crippen molar-refractivity contribution in [3.05, 3.63) is 0 Å². The van der Waals surface area contributed by atoms with Crippen molar-refractivity contribution in [2.24, 2.45) is 0 Å². The van der Waals surface area contributed by atoms with Gasteiger partial charge in [-0.05, 0) is 20.8 Å². The molecule has 12 heavy (non-hydrogen) atoms. The zero-order chi connectivity index (χ0) is 9.41. The second kappa shape index (κ2) is 2.97. The van der Waals surface area contributed by atoms with Crippen molar-refractivity contribution in [1.82, 2.24) is 9.62 Å². The maximum atomic E-state index is 11.5. The van der Waals surface area contributed by atoms with Crippen LogP contribution in [0.5, 0.6) is 0 Å². The van der Waals surface area contributed by atoms with Crippen LogP contribution in [0.2, 0.25) is 0 Å². The standard InChI is InChI=1S/C7H16N2O2S/c1-7(2,3)9-5-4-8-6-12(9,10)11/h8H,4-6H2,1-3H3. The van der Waals surface area contributed by atoms with E-state index in [0.717, 1.165) is 6.54 Å². The summed E-state index contributed by atoms with van der Waals surface area (Å²) in [6.07, 6.45) is 0. The number of hydrogen-bond donors (Lipinski definition) is 1. The van der Waals surface area contributed by atoms with E-state index >= 15 is 0 Å². The summed E-state index contributed by atoms with van der Waals surface area (Å²) in [5.74, 6) is 0.0737. The van der Waals surface area contributed by atoms with Gasteiger partial charge in [0.2, 0.25) is 10.0 Å². The Balaban J connectivity index is 2.89. The van der Waals surface area contributed by atoms with Crippen LogP contribution in [-0.4, -0.2) is 37.2 Å². The van der Waals surface area contributed by atoms with Crippen molar-refractivity contribution in [2.45, 2.75) is 26.3 Å². The molecule has 1 aliphatic rings. The molecule has 1 fully saturated rings. The monoisotopic (exact) mass is 192 g/mol. The molecular formula is C7H16N2O2S. The molecule has 0 amide bonds. The minimum atomic E-state index is -3.06. The minimum absolute atomic E-state index is 0.0737. The fourth-order valence-corrected chi connectivity index (χ4v) is 3.11. The molecule has 4 nitrogen and oxygen atoms in total. The molecule has 0 aliphatic carbocycles. The third-order valence-corrected chi connectivity index (χ3v) is 3.83. The Bertz CT molecular complexity index is 253. The van der Waals surface area contributed by atoms with E-state index in [1.54, 1.807) is 4.31 Å². The highest BCUT2D eigenvalue weighted by atomic mass is 32.2. The van der Waals surface area contributed by atoms with E-state index in [-0.39, 0.29) is 11.4 Å². The molecular weight excluding hydrogens is 176 g/mol. The molecule has 1 N–H and O–H groups in total. The topological polar surface area (TPSA) is 49.4 Å². The first kappa shape index (κ1) is 9.95. The summed E-state index contributed by atoms with van der Waals surface area (Å²) >= 11 is 0. The third-order valence-electron chi connectivity index (χ3n) is 1.86. The number of hydrogen-bond acceptors (Lipinski definition) is 3. The first-order valence-electron chi connectivity index (χ1n) is 4.05. The van der Waals surface area contributed by atoms with E-state index in [2.05, 4.69) is 5.32 Å². The molecule has 0 radical (unpaired) electrons. The zero-order valence-corrected chi connectivity index (χ0v) is 8.61.